The zero-order valence-corrected chi connectivity index (χ0v) is 19.5. The number of aryl methyl sites for hydroxylation is 1. The van der Waals surface area contributed by atoms with Gasteiger partial charge in [-0.2, -0.15) is 0 Å². The van der Waals surface area contributed by atoms with Gasteiger partial charge in [0.1, 0.15) is 11.7 Å². The summed E-state index contributed by atoms with van der Waals surface area (Å²) in [5.41, 5.74) is 2.13. The van der Waals surface area contributed by atoms with Gasteiger partial charge in [-0.25, -0.2) is 4.98 Å². The Balaban J connectivity index is 1.66. The highest BCUT2D eigenvalue weighted by Crippen LogP contribution is 2.39. The molecule has 0 radical (unpaired) electrons. The highest BCUT2D eigenvalue weighted by atomic mass is 16.5. The molecule has 1 fully saturated rings. The molecule has 1 saturated heterocycles. The summed E-state index contributed by atoms with van der Waals surface area (Å²) in [5, 5.41) is 0. The van der Waals surface area contributed by atoms with Gasteiger partial charge in [0.05, 0.1) is 19.5 Å². The number of benzene rings is 2. The van der Waals surface area contributed by atoms with E-state index in [2.05, 4.69) is 4.98 Å². The summed E-state index contributed by atoms with van der Waals surface area (Å²) in [7, 11) is 5.43. The van der Waals surface area contributed by atoms with Crippen LogP contribution in [0, 0.1) is 5.92 Å². The number of hydrogen-bond donors (Lipinski definition) is 0. The zero-order valence-electron chi connectivity index (χ0n) is 19.5. The summed E-state index contributed by atoms with van der Waals surface area (Å²) in [6.07, 6.45) is 5.89. The number of hydrogen-bond acceptors (Lipinski definition) is 6. The van der Waals surface area contributed by atoms with E-state index in [-0.39, 0.29) is 5.78 Å². The van der Waals surface area contributed by atoms with Gasteiger partial charge in [0, 0.05) is 50.8 Å². The Kier molecular flexibility index (Phi) is 6.77. The van der Waals surface area contributed by atoms with Crippen molar-refractivity contribution in [3.8, 4) is 5.75 Å². The molecule has 0 aliphatic carbocycles. The smallest absolute Gasteiger partial charge is 0.291 e. The Hall–Kier alpha value is -3.94. The van der Waals surface area contributed by atoms with Crippen molar-refractivity contribution >= 4 is 23.2 Å². The fourth-order valence-corrected chi connectivity index (χ4v) is 4.35. The minimum absolute atomic E-state index is 0.356. The van der Waals surface area contributed by atoms with Gasteiger partial charge in [-0.05, 0) is 48.4 Å². The number of anilines is 1. The molecule has 2 unspecified atom stereocenters. The van der Waals surface area contributed by atoms with Crippen molar-refractivity contribution in [3.63, 3.8) is 0 Å². The first kappa shape index (κ1) is 23.2. The van der Waals surface area contributed by atoms with Gasteiger partial charge < -0.3 is 19.1 Å². The van der Waals surface area contributed by atoms with Crippen LogP contribution in [0.25, 0.3) is 0 Å². The van der Waals surface area contributed by atoms with Crippen LogP contribution in [-0.2, 0) is 16.1 Å². The Morgan fingerprint density at radius 3 is 2.32 bits per heavy atom. The van der Waals surface area contributed by atoms with Gasteiger partial charge in [-0.3, -0.25) is 14.4 Å². The number of amides is 1. The minimum Gasteiger partial charge on any atom is -0.497 e. The lowest BCUT2D eigenvalue weighted by Gasteiger charge is -2.28. The molecule has 1 aromatic heterocycles. The second kappa shape index (κ2) is 9.91. The molecule has 1 aliphatic heterocycles. The number of carbonyl (C=O) groups excluding carboxylic acids is 3. The Morgan fingerprint density at radius 2 is 1.74 bits per heavy atom. The molecule has 4 rings (SSSR count). The van der Waals surface area contributed by atoms with Gasteiger partial charge in [-0.15, -0.1) is 0 Å². The number of methoxy groups -OCH3 is 1. The van der Waals surface area contributed by atoms with E-state index in [1.807, 2.05) is 54.0 Å². The topological polar surface area (TPSA) is 84.7 Å². The molecule has 0 bridgehead atoms. The molecule has 3 aromatic rings. The fraction of sp³-hybridized carbons (Fsp3) is 0.308. The van der Waals surface area contributed by atoms with E-state index >= 15 is 0 Å². The SMILES string of the molecule is COc1ccc(C(=O)C2C(=O)C(=O)N(CCCn3ccnc3)C2c2ccc(N(C)C)cc2)cc1. The average Bonchev–Trinajstić information content (AvgIpc) is 3.46. The lowest BCUT2D eigenvalue weighted by molar-refractivity contribution is -0.140. The van der Waals surface area contributed by atoms with E-state index < -0.39 is 23.7 Å². The van der Waals surface area contributed by atoms with Crippen LogP contribution in [0.4, 0.5) is 5.69 Å². The molecule has 2 aromatic carbocycles. The van der Waals surface area contributed by atoms with Crippen LogP contribution < -0.4 is 9.64 Å². The van der Waals surface area contributed by atoms with Gasteiger partial charge in [-0.1, -0.05) is 12.1 Å². The van der Waals surface area contributed by atoms with Crippen molar-refractivity contribution in [2.75, 3.05) is 32.6 Å². The Labute approximate surface area is 198 Å². The van der Waals surface area contributed by atoms with Crippen LogP contribution in [0.2, 0.25) is 0 Å². The zero-order chi connectivity index (χ0) is 24.2. The largest absolute Gasteiger partial charge is 0.497 e. The van der Waals surface area contributed by atoms with Crippen LogP contribution >= 0.6 is 0 Å². The molecular weight excluding hydrogens is 432 g/mol. The monoisotopic (exact) mass is 460 g/mol. The maximum atomic E-state index is 13.5. The number of nitrogens with zero attached hydrogens (tertiary/aromatic N) is 4. The van der Waals surface area contributed by atoms with Gasteiger partial charge in [0.15, 0.2) is 5.78 Å². The number of carbonyl (C=O) groups is 3. The van der Waals surface area contributed by atoms with Gasteiger partial charge in [0.25, 0.3) is 5.91 Å². The molecule has 8 heteroatoms. The third-order valence-corrected chi connectivity index (χ3v) is 6.19. The predicted octanol–water partition coefficient (Wildman–Crippen LogP) is 3.00. The van der Waals surface area contributed by atoms with Crippen molar-refractivity contribution in [2.24, 2.45) is 5.92 Å². The first-order valence-corrected chi connectivity index (χ1v) is 11.2. The number of imidazole rings is 1. The Morgan fingerprint density at radius 1 is 1.03 bits per heavy atom. The lowest BCUT2D eigenvalue weighted by Crippen LogP contribution is -2.32. The number of ether oxygens (including phenoxy) is 1. The van der Waals surface area contributed by atoms with E-state index in [0.717, 1.165) is 11.3 Å². The first-order valence-electron chi connectivity index (χ1n) is 11.2. The summed E-state index contributed by atoms with van der Waals surface area (Å²) in [6.45, 7) is 1.01. The van der Waals surface area contributed by atoms with Crippen LogP contribution in [0.1, 0.15) is 28.4 Å². The van der Waals surface area contributed by atoms with Crippen molar-refractivity contribution in [1.29, 1.82) is 0 Å². The number of aromatic nitrogens is 2. The number of Topliss-reactive ketones (excluding diaryl/α,β-unsaturated/α-hetero) is 2. The molecule has 1 amide bonds. The van der Waals surface area contributed by atoms with Crippen molar-refractivity contribution in [2.45, 2.75) is 19.0 Å². The van der Waals surface area contributed by atoms with E-state index in [9.17, 15) is 14.4 Å². The summed E-state index contributed by atoms with van der Waals surface area (Å²) < 4.78 is 7.09. The molecule has 0 spiro atoms. The van der Waals surface area contributed by atoms with E-state index in [4.69, 9.17) is 4.74 Å². The molecule has 2 atom stereocenters. The lowest BCUT2D eigenvalue weighted by atomic mass is 9.86. The summed E-state index contributed by atoms with van der Waals surface area (Å²) >= 11 is 0. The van der Waals surface area contributed by atoms with Gasteiger partial charge in [0.2, 0.25) is 5.78 Å². The summed E-state index contributed by atoms with van der Waals surface area (Å²) in [4.78, 5) is 47.3. The first-order chi connectivity index (χ1) is 16.4. The van der Waals surface area contributed by atoms with Crippen LogP contribution in [0.3, 0.4) is 0 Å². The molecule has 8 nitrogen and oxygen atoms in total. The quantitative estimate of drug-likeness (QED) is 0.277. The molecule has 2 heterocycles. The molecule has 176 valence electrons. The molecular formula is C26H28N4O4. The highest BCUT2D eigenvalue weighted by Gasteiger charge is 2.51. The van der Waals surface area contributed by atoms with Crippen molar-refractivity contribution in [3.05, 3.63) is 78.4 Å². The standard InChI is InChI=1S/C26H28N4O4/c1-28(2)20-9-5-18(6-10-20)23-22(24(31)19-7-11-21(34-3)12-8-19)25(32)26(33)30(23)15-4-14-29-16-13-27-17-29/h5-13,16-17,22-23H,4,14-15H2,1-3H3. The second-order valence-electron chi connectivity index (χ2n) is 8.52. The number of ketones is 2. The van der Waals surface area contributed by atoms with E-state index in [1.54, 1.807) is 48.8 Å². The third-order valence-electron chi connectivity index (χ3n) is 6.19. The number of rotatable bonds is 9. The molecule has 0 saturated carbocycles. The molecule has 1 aliphatic rings. The molecule has 34 heavy (non-hydrogen) atoms. The highest BCUT2D eigenvalue weighted by molar-refractivity contribution is 6.44. The third kappa shape index (κ3) is 4.57. The normalized spacial score (nSPS) is 17.8. The second-order valence-corrected chi connectivity index (χ2v) is 8.52. The van der Waals surface area contributed by atoms with Gasteiger partial charge >= 0.3 is 0 Å². The maximum absolute atomic E-state index is 13.5. The maximum Gasteiger partial charge on any atom is 0.291 e. The van der Waals surface area contributed by atoms with Crippen LogP contribution in [0.5, 0.6) is 5.75 Å². The van der Waals surface area contributed by atoms with Crippen LogP contribution in [0.15, 0.2) is 67.3 Å². The minimum atomic E-state index is -1.10. The van der Waals surface area contributed by atoms with Crippen molar-refractivity contribution in [1.82, 2.24) is 14.5 Å². The van der Waals surface area contributed by atoms with E-state index in [0.29, 0.717) is 30.8 Å². The fourth-order valence-electron chi connectivity index (χ4n) is 4.35. The average molecular weight is 461 g/mol. The predicted molar refractivity (Wildman–Crippen MR) is 128 cm³/mol. The Bertz CT molecular complexity index is 1150. The molecule has 0 N–H and O–H groups in total. The summed E-state index contributed by atoms with van der Waals surface area (Å²) in [5.74, 6) is -2.12. The van der Waals surface area contributed by atoms with E-state index in [1.165, 1.54) is 0 Å². The van der Waals surface area contributed by atoms with Crippen molar-refractivity contribution < 1.29 is 19.1 Å². The number of likely N-dealkylation sites (tertiary alicyclic amines) is 1. The summed E-state index contributed by atoms with van der Waals surface area (Å²) in [6, 6.07) is 13.6. The van der Waals surface area contributed by atoms with Crippen LogP contribution in [-0.4, -0.2) is 59.7 Å².